The van der Waals surface area contributed by atoms with Crippen LogP contribution in [0.25, 0.3) is 0 Å². The van der Waals surface area contributed by atoms with Crippen LogP contribution in [0.5, 0.6) is 0 Å². The average molecular weight is 265 g/mol. The monoisotopic (exact) mass is 265 g/mol. The maximum absolute atomic E-state index is 11.4. The van der Waals surface area contributed by atoms with Gasteiger partial charge in [-0.1, -0.05) is 39.0 Å². The molecular formula is C15H23NO3. The summed E-state index contributed by atoms with van der Waals surface area (Å²) in [5.74, 6) is -0.645. The van der Waals surface area contributed by atoms with Crippen molar-refractivity contribution in [3.63, 3.8) is 0 Å². The zero-order chi connectivity index (χ0) is 14.7. The number of para-hydroxylation sites is 1. The zero-order valence-electron chi connectivity index (χ0n) is 12.3. The van der Waals surface area contributed by atoms with Crippen LogP contribution < -0.4 is 5.32 Å². The summed E-state index contributed by atoms with van der Waals surface area (Å²) in [7, 11) is 1.26. The first-order valence-corrected chi connectivity index (χ1v) is 6.32. The second-order valence-electron chi connectivity index (χ2n) is 5.91. The molecule has 19 heavy (non-hydrogen) atoms. The molecule has 0 saturated carbocycles. The molecule has 1 atom stereocenters. The number of hydrogen-bond donors (Lipinski definition) is 2. The van der Waals surface area contributed by atoms with Gasteiger partial charge in [0.1, 0.15) is 0 Å². The van der Waals surface area contributed by atoms with Crippen LogP contribution in [0.3, 0.4) is 0 Å². The van der Waals surface area contributed by atoms with E-state index in [1.165, 1.54) is 14.0 Å². The molecule has 0 amide bonds. The molecular weight excluding hydrogens is 242 g/mol. The Labute approximate surface area is 114 Å². The Morgan fingerprint density at radius 1 is 1.26 bits per heavy atom. The van der Waals surface area contributed by atoms with Crippen LogP contribution in [-0.4, -0.2) is 30.3 Å². The molecule has 4 nitrogen and oxygen atoms in total. The lowest BCUT2D eigenvalue weighted by Crippen LogP contribution is -2.43. The van der Waals surface area contributed by atoms with Crippen molar-refractivity contribution in [2.24, 2.45) is 0 Å². The minimum absolute atomic E-state index is 0.0132. The van der Waals surface area contributed by atoms with Crippen molar-refractivity contribution in [3.8, 4) is 0 Å². The van der Waals surface area contributed by atoms with E-state index in [2.05, 4.69) is 30.8 Å². The minimum atomic E-state index is -1.54. The molecule has 4 heteroatoms. The lowest BCUT2D eigenvalue weighted by molar-refractivity contribution is -0.158. The summed E-state index contributed by atoms with van der Waals surface area (Å²) < 4.78 is 4.57. The van der Waals surface area contributed by atoms with Crippen LogP contribution in [0.4, 0.5) is 5.69 Å². The number of rotatable bonds is 4. The first-order chi connectivity index (χ1) is 8.68. The highest BCUT2D eigenvalue weighted by Gasteiger charge is 2.31. The molecule has 0 saturated heterocycles. The number of carbonyl (C=O) groups excluding carboxylic acids is 1. The van der Waals surface area contributed by atoms with Crippen LogP contribution in [0, 0.1) is 0 Å². The Balaban J connectivity index is 2.87. The number of benzene rings is 1. The van der Waals surface area contributed by atoms with E-state index in [9.17, 15) is 9.90 Å². The van der Waals surface area contributed by atoms with Gasteiger partial charge in [0.25, 0.3) is 0 Å². The zero-order valence-corrected chi connectivity index (χ0v) is 12.3. The van der Waals surface area contributed by atoms with Gasteiger partial charge in [0, 0.05) is 5.69 Å². The molecule has 0 spiro atoms. The fourth-order valence-corrected chi connectivity index (χ4v) is 1.85. The van der Waals surface area contributed by atoms with Crippen molar-refractivity contribution < 1.29 is 14.6 Å². The van der Waals surface area contributed by atoms with Crippen molar-refractivity contribution in [2.45, 2.75) is 38.7 Å². The van der Waals surface area contributed by atoms with Gasteiger partial charge in [-0.15, -0.1) is 0 Å². The van der Waals surface area contributed by atoms with E-state index in [1.807, 2.05) is 24.3 Å². The van der Waals surface area contributed by atoms with Gasteiger partial charge in [-0.05, 0) is 24.0 Å². The SMILES string of the molecule is COC(=O)C(C)(O)CNc1ccccc1C(C)(C)C. The van der Waals surface area contributed by atoms with Gasteiger partial charge < -0.3 is 15.2 Å². The third-order valence-electron chi connectivity index (χ3n) is 2.98. The summed E-state index contributed by atoms with van der Waals surface area (Å²) >= 11 is 0. The predicted molar refractivity (Wildman–Crippen MR) is 76.3 cm³/mol. The van der Waals surface area contributed by atoms with Crippen molar-refractivity contribution in [1.82, 2.24) is 0 Å². The number of nitrogens with one attached hydrogen (secondary N) is 1. The molecule has 1 aromatic carbocycles. The summed E-state index contributed by atoms with van der Waals surface area (Å²) in [6.45, 7) is 7.89. The number of esters is 1. The largest absolute Gasteiger partial charge is 0.467 e. The van der Waals surface area contributed by atoms with Gasteiger partial charge in [-0.3, -0.25) is 0 Å². The first-order valence-electron chi connectivity index (χ1n) is 6.32. The van der Waals surface area contributed by atoms with Gasteiger partial charge in [-0.25, -0.2) is 4.79 Å². The van der Waals surface area contributed by atoms with E-state index < -0.39 is 11.6 Å². The minimum Gasteiger partial charge on any atom is -0.467 e. The van der Waals surface area contributed by atoms with Crippen molar-refractivity contribution >= 4 is 11.7 Å². The van der Waals surface area contributed by atoms with Crippen molar-refractivity contribution in [1.29, 1.82) is 0 Å². The van der Waals surface area contributed by atoms with Gasteiger partial charge in [0.2, 0.25) is 0 Å². The Kier molecular flexibility index (Phi) is 4.58. The van der Waals surface area contributed by atoms with Crippen molar-refractivity contribution in [3.05, 3.63) is 29.8 Å². The van der Waals surface area contributed by atoms with E-state index in [-0.39, 0.29) is 12.0 Å². The summed E-state index contributed by atoms with van der Waals surface area (Å²) in [4.78, 5) is 11.4. The molecule has 0 bridgehead atoms. The van der Waals surface area contributed by atoms with E-state index in [0.29, 0.717) is 0 Å². The van der Waals surface area contributed by atoms with Gasteiger partial charge in [0.05, 0.1) is 13.7 Å². The predicted octanol–water partition coefficient (Wildman–Crippen LogP) is 2.32. The molecule has 0 aliphatic heterocycles. The molecule has 0 aliphatic carbocycles. The summed E-state index contributed by atoms with van der Waals surface area (Å²) in [6, 6.07) is 7.87. The molecule has 0 radical (unpaired) electrons. The molecule has 0 heterocycles. The highest BCUT2D eigenvalue weighted by molar-refractivity contribution is 5.79. The fraction of sp³-hybridized carbons (Fsp3) is 0.533. The molecule has 2 N–H and O–H groups in total. The van der Waals surface area contributed by atoms with E-state index in [1.54, 1.807) is 0 Å². The molecule has 1 unspecified atom stereocenters. The van der Waals surface area contributed by atoms with Gasteiger partial charge in [-0.2, -0.15) is 0 Å². The number of carbonyl (C=O) groups is 1. The Morgan fingerprint density at radius 2 is 1.84 bits per heavy atom. The highest BCUT2D eigenvalue weighted by atomic mass is 16.5. The van der Waals surface area contributed by atoms with E-state index >= 15 is 0 Å². The number of hydrogen-bond acceptors (Lipinski definition) is 4. The smallest absolute Gasteiger partial charge is 0.339 e. The lowest BCUT2D eigenvalue weighted by atomic mass is 9.85. The van der Waals surface area contributed by atoms with Crippen LogP contribution >= 0.6 is 0 Å². The number of anilines is 1. The first kappa shape index (κ1) is 15.5. The summed E-state index contributed by atoms with van der Waals surface area (Å²) in [5.41, 5.74) is 0.496. The van der Waals surface area contributed by atoms with Gasteiger partial charge >= 0.3 is 5.97 Å². The summed E-state index contributed by atoms with van der Waals surface area (Å²) in [6.07, 6.45) is 0. The second kappa shape index (κ2) is 5.61. The fourth-order valence-electron chi connectivity index (χ4n) is 1.85. The van der Waals surface area contributed by atoms with E-state index in [4.69, 9.17) is 0 Å². The van der Waals surface area contributed by atoms with Crippen LogP contribution in [-0.2, 0) is 14.9 Å². The topological polar surface area (TPSA) is 58.6 Å². The lowest BCUT2D eigenvalue weighted by Gasteiger charge is -2.26. The average Bonchev–Trinajstić information content (AvgIpc) is 2.34. The number of aliphatic hydroxyl groups is 1. The van der Waals surface area contributed by atoms with Crippen LogP contribution in [0.1, 0.15) is 33.3 Å². The third-order valence-corrected chi connectivity index (χ3v) is 2.98. The maximum atomic E-state index is 11.4. The molecule has 106 valence electrons. The summed E-state index contributed by atoms with van der Waals surface area (Å²) in [5, 5.41) is 13.1. The number of ether oxygens (including phenoxy) is 1. The Bertz CT molecular complexity index is 447. The van der Waals surface area contributed by atoms with Crippen molar-refractivity contribution in [2.75, 3.05) is 19.0 Å². The maximum Gasteiger partial charge on any atom is 0.339 e. The molecule has 1 aromatic rings. The molecule has 0 fully saturated rings. The van der Waals surface area contributed by atoms with Crippen LogP contribution in [0.15, 0.2) is 24.3 Å². The standard InChI is InChI=1S/C15H23NO3/c1-14(2,3)11-8-6-7-9-12(11)16-10-15(4,18)13(17)19-5/h6-9,16,18H,10H2,1-5H3. The molecule has 1 rings (SSSR count). The number of methoxy groups -OCH3 is 1. The quantitative estimate of drug-likeness (QED) is 0.820. The normalized spacial score (nSPS) is 14.6. The van der Waals surface area contributed by atoms with Gasteiger partial charge in [0.15, 0.2) is 5.60 Å². The Hall–Kier alpha value is -1.55. The highest BCUT2D eigenvalue weighted by Crippen LogP contribution is 2.29. The second-order valence-corrected chi connectivity index (χ2v) is 5.91. The molecule has 0 aliphatic rings. The Morgan fingerprint density at radius 3 is 2.37 bits per heavy atom. The third kappa shape index (κ3) is 3.96. The van der Waals surface area contributed by atoms with Crippen LogP contribution in [0.2, 0.25) is 0 Å². The van der Waals surface area contributed by atoms with E-state index in [0.717, 1.165) is 11.3 Å². The molecule has 0 aromatic heterocycles.